The smallest absolute Gasteiger partial charge is 0.322 e. The maximum atomic E-state index is 11.1. The second-order valence-electron chi connectivity index (χ2n) is 3.94. The summed E-state index contributed by atoms with van der Waals surface area (Å²) in [7, 11) is 0. The lowest BCUT2D eigenvalue weighted by molar-refractivity contribution is -0.385. The SMILES string of the molecule is O=C(O)C(C(=O)O)c1c([N+](=O)[O-])cnc2ccccc12. The molecule has 8 nitrogen and oxygen atoms in total. The number of fused-ring (bicyclic) bond motifs is 1. The molecule has 0 spiro atoms. The van der Waals surface area contributed by atoms with Crippen LogP contribution in [0.4, 0.5) is 5.69 Å². The molecule has 0 aliphatic carbocycles. The number of carbonyl (C=O) groups is 2. The number of aromatic nitrogens is 1. The Balaban J connectivity index is 2.88. The number of para-hydroxylation sites is 1. The lowest BCUT2D eigenvalue weighted by atomic mass is 9.94. The molecule has 0 unspecified atom stereocenters. The summed E-state index contributed by atoms with van der Waals surface area (Å²) >= 11 is 0. The lowest BCUT2D eigenvalue weighted by Gasteiger charge is -2.11. The van der Waals surface area contributed by atoms with E-state index in [9.17, 15) is 19.7 Å². The fraction of sp³-hybridized carbons (Fsp3) is 0.0833. The van der Waals surface area contributed by atoms with Crippen LogP contribution in [0.5, 0.6) is 0 Å². The van der Waals surface area contributed by atoms with Crippen molar-refractivity contribution >= 4 is 28.5 Å². The van der Waals surface area contributed by atoms with Crippen molar-refractivity contribution in [1.29, 1.82) is 0 Å². The van der Waals surface area contributed by atoms with Crippen LogP contribution < -0.4 is 0 Å². The molecule has 0 saturated carbocycles. The Morgan fingerprint density at radius 2 is 1.80 bits per heavy atom. The van der Waals surface area contributed by atoms with E-state index >= 15 is 0 Å². The Hall–Kier alpha value is -3.03. The van der Waals surface area contributed by atoms with Gasteiger partial charge in [-0.2, -0.15) is 0 Å². The highest BCUT2D eigenvalue weighted by molar-refractivity contribution is 6.04. The molecule has 2 rings (SSSR count). The predicted molar refractivity (Wildman–Crippen MR) is 66.4 cm³/mol. The number of nitrogens with zero attached hydrogens (tertiary/aromatic N) is 2. The van der Waals surface area contributed by atoms with Gasteiger partial charge in [0.25, 0.3) is 5.69 Å². The number of pyridine rings is 1. The highest BCUT2D eigenvalue weighted by Crippen LogP contribution is 2.33. The predicted octanol–water partition coefficient (Wildman–Crippen LogP) is 1.40. The molecular weight excluding hydrogens is 268 g/mol. The number of carboxylic acid groups (broad SMARTS) is 2. The fourth-order valence-corrected chi connectivity index (χ4v) is 1.95. The zero-order valence-electron chi connectivity index (χ0n) is 9.89. The van der Waals surface area contributed by atoms with Crippen molar-refractivity contribution in [3.8, 4) is 0 Å². The third kappa shape index (κ3) is 2.14. The third-order valence-corrected chi connectivity index (χ3v) is 2.78. The van der Waals surface area contributed by atoms with Crippen molar-refractivity contribution in [2.24, 2.45) is 0 Å². The number of rotatable bonds is 4. The largest absolute Gasteiger partial charge is 0.480 e. The van der Waals surface area contributed by atoms with Gasteiger partial charge in [0.15, 0.2) is 5.92 Å². The number of nitro groups is 1. The van der Waals surface area contributed by atoms with Crippen LogP contribution >= 0.6 is 0 Å². The molecule has 0 aliphatic heterocycles. The van der Waals surface area contributed by atoms with Gasteiger partial charge in [-0.25, -0.2) is 4.98 Å². The van der Waals surface area contributed by atoms with Gasteiger partial charge in [-0.3, -0.25) is 19.7 Å². The van der Waals surface area contributed by atoms with E-state index in [-0.39, 0.29) is 10.9 Å². The van der Waals surface area contributed by atoms with Crippen LogP contribution in [-0.4, -0.2) is 32.1 Å². The first kappa shape index (κ1) is 13.4. The molecule has 1 heterocycles. The Labute approximate surface area is 111 Å². The average Bonchev–Trinajstić information content (AvgIpc) is 2.37. The van der Waals surface area contributed by atoms with Gasteiger partial charge in [0.05, 0.1) is 16.0 Å². The summed E-state index contributed by atoms with van der Waals surface area (Å²) in [6, 6.07) is 6.06. The van der Waals surface area contributed by atoms with Crippen LogP contribution in [0.2, 0.25) is 0 Å². The highest BCUT2D eigenvalue weighted by atomic mass is 16.6. The minimum atomic E-state index is -2.02. The molecule has 102 valence electrons. The minimum absolute atomic E-state index is 0.136. The van der Waals surface area contributed by atoms with Crippen LogP contribution in [-0.2, 0) is 9.59 Å². The standard InChI is InChI=1S/C12H8N2O6/c15-11(16)10(12(17)18)9-6-3-1-2-4-7(6)13-5-8(9)14(19)20/h1-5,10H,(H,15,16)(H,17,18). The highest BCUT2D eigenvalue weighted by Gasteiger charge is 2.36. The van der Waals surface area contributed by atoms with Crippen molar-refractivity contribution < 1.29 is 24.7 Å². The summed E-state index contributed by atoms with van der Waals surface area (Å²) in [6.45, 7) is 0. The summed E-state index contributed by atoms with van der Waals surface area (Å²) in [5, 5.41) is 29.2. The molecule has 1 aromatic heterocycles. The molecule has 1 aromatic carbocycles. The quantitative estimate of drug-likeness (QED) is 0.490. The molecule has 0 saturated heterocycles. The van der Waals surface area contributed by atoms with E-state index < -0.39 is 28.5 Å². The fourth-order valence-electron chi connectivity index (χ4n) is 1.95. The molecule has 0 aliphatic rings. The van der Waals surface area contributed by atoms with E-state index in [1.165, 1.54) is 18.2 Å². The number of carboxylic acids is 2. The second kappa shape index (κ2) is 4.92. The van der Waals surface area contributed by atoms with Crippen LogP contribution in [0, 0.1) is 10.1 Å². The van der Waals surface area contributed by atoms with Gasteiger partial charge in [-0.1, -0.05) is 18.2 Å². The summed E-state index contributed by atoms with van der Waals surface area (Å²) in [5.74, 6) is -5.36. The topological polar surface area (TPSA) is 131 Å². The molecule has 8 heteroatoms. The summed E-state index contributed by atoms with van der Waals surface area (Å²) in [4.78, 5) is 36.3. The van der Waals surface area contributed by atoms with Crippen molar-refractivity contribution in [3.63, 3.8) is 0 Å². The van der Waals surface area contributed by atoms with Gasteiger partial charge in [-0.05, 0) is 6.07 Å². The molecule has 0 radical (unpaired) electrons. The Kier molecular flexibility index (Phi) is 3.30. The average molecular weight is 276 g/mol. The van der Waals surface area contributed by atoms with Gasteiger partial charge >= 0.3 is 11.9 Å². The normalized spacial score (nSPS) is 10.7. The number of hydrogen-bond donors (Lipinski definition) is 2. The molecule has 20 heavy (non-hydrogen) atoms. The lowest BCUT2D eigenvalue weighted by Crippen LogP contribution is -2.22. The second-order valence-corrected chi connectivity index (χ2v) is 3.94. The number of aliphatic carboxylic acids is 2. The zero-order chi connectivity index (χ0) is 14.9. The molecular formula is C12H8N2O6. The van der Waals surface area contributed by atoms with Gasteiger partial charge in [-0.15, -0.1) is 0 Å². The van der Waals surface area contributed by atoms with Crippen LogP contribution in [0.3, 0.4) is 0 Å². The molecule has 2 aromatic rings. The third-order valence-electron chi connectivity index (χ3n) is 2.78. The Morgan fingerprint density at radius 3 is 2.35 bits per heavy atom. The van der Waals surface area contributed by atoms with Crippen molar-refractivity contribution in [2.75, 3.05) is 0 Å². The van der Waals surface area contributed by atoms with E-state index in [4.69, 9.17) is 10.2 Å². The van der Waals surface area contributed by atoms with Gasteiger partial charge < -0.3 is 10.2 Å². The van der Waals surface area contributed by atoms with E-state index in [2.05, 4.69) is 4.98 Å². The maximum Gasteiger partial charge on any atom is 0.322 e. The number of benzene rings is 1. The van der Waals surface area contributed by atoms with E-state index in [0.29, 0.717) is 5.52 Å². The maximum absolute atomic E-state index is 11.1. The Morgan fingerprint density at radius 1 is 1.20 bits per heavy atom. The first-order valence-electron chi connectivity index (χ1n) is 5.41. The van der Waals surface area contributed by atoms with E-state index in [1.807, 2.05) is 0 Å². The van der Waals surface area contributed by atoms with Gasteiger partial charge in [0.1, 0.15) is 6.20 Å². The first-order chi connectivity index (χ1) is 9.43. The molecule has 0 amide bonds. The van der Waals surface area contributed by atoms with Gasteiger partial charge in [0, 0.05) is 5.39 Å². The molecule has 0 bridgehead atoms. The molecule has 0 fully saturated rings. The van der Waals surface area contributed by atoms with Crippen molar-refractivity contribution in [1.82, 2.24) is 4.98 Å². The molecule has 2 N–H and O–H groups in total. The minimum Gasteiger partial charge on any atom is -0.480 e. The molecule has 0 atom stereocenters. The van der Waals surface area contributed by atoms with Crippen LogP contribution in [0.15, 0.2) is 30.5 Å². The summed E-state index contributed by atoms with van der Waals surface area (Å²) in [5.41, 5.74) is -0.709. The van der Waals surface area contributed by atoms with Crippen LogP contribution in [0.1, 0.15) is 11.5 Å². The van der Waals surface area contributed by atoms with Crippen molar-refractivity contribution in [2.45, 2.75) is 5.92 Å². The first-order valence-corrected chi connectivity index (χ1v) is 5.41. The zero-order valence-corrected chi connectivity index (χ0v) is 9.89. The summed E-state index contributed by atoms with van der Waals surface area (Å²) < 4.78 is 0. The van der Waals surface area contributed by atoms with E-state index in [1.54, 1.807) is 6.07 Å². The van der Waals surface area contributed by atoms with Crippen LogP contribution in [0.25, 0.3) is 10.9 Å². The number of hydrogen-bond acceptors (Lipinski definition) is 5. The Bertz CT molecular complexity index is 713. The van der Waals surface area contributed by atoms with Gasteiger partial charge in [0.2, 0.25) is 0 Å². The monoisotopic (exact) mass is 276 g/mol. The van der Waals surface area contributed by atoms with E-state index in [0.717, 1.165) is 6.20 Å². The van der Waals surface area contributed by atoms with Crippen molar-refractivity contribution in [3.05, 3.63) is 46.1 Å². The summed E-state index contributed by atoms with van der Waals surface area (Å²) in [6.07, 6.45) is 0.872.